The molecule has 0 aromatic heterocycles. The number of aliphatic hydroxyl groups excluding tert-OH is 1. The maximum Gasteiger partial charge on any atom is 0.244 e. The number of aliphatic hydroxyl groups is 1. The molecule has 0 aliphatic rings. The van der Waals surface area contributed by atoms with Gasteiger partial charge in [-0.25, -0.2) is 0 Å². The van der Waals surface area contributed by atoms with Gasteiger partial charge in [0.2, 0.25) is 5.91 Å². The Morgan fingerprint density at radius 3 is 2.55 bits per heavy atom. The van der Waals surface area contributed by atoms with E-state index in [2.05, 4.69) is 19.2 Å². The van der Waals surface area contributed by atoms with E-state index in [0.717, 1.165) is 18.4 Å². The molecular weight excluding hydrogens is 250 g/mol. The molecule has 1 rings (SSSR count). The van der Waals surface area contributed by atoms with Crippen LogP contribution >= 0.6 is 0 Å². The van der Waals surface area contributed by atoms with E-state index in [9.17, 15) is 4.79 Å². The highest BCUT2D eigenvalue weighted by Gasteiger charge is 2.17. The molecule has 0 radical (unpaired) electrons. The highest BCUT2D eigenvalue weighted by molar-refractivity contribution is 5.91. The van der Waals surface area contributed by atoms with Crippen LogP contribution in [-0.4, -0.2) is 24.2 Å². The van der Waals surface area contributed by atoms with E-state index in [-0.39, 0.29) is 17.9 Å². The van der Waals surface area contributed by atoms with Crippen LogP contribution in [0.2, 0.25) is 0 Å². The minimum atomic E-state index is -0.0809. The molecule has 0 spiro atoms. The van der Waals surface area contributed by atoms with Crippen molar-refractivity contribution >= 4 is 12.0 Å². The van der Waals surface area contributed by atoms with E-state index in [0.29, 0.717) is 6.54 Å². The van der Waals surface area contributed by atoms with Crippen molar-refractivity contribution in [2.24, 2.45) is 5.41 Å². The van der Waals surface area contributed by atoms with E-state index < -0.39 is 0 Å². The lowest BCUT2D eigenvalue weighted by Gasteiger charge is -2.24. The standard InChI is InChI=1S/C17H25NO2/c1-14-5-7-15(8-6-14)9-10-16(20)18-13-17(2,3)11-4-12-19/h5-10,19H,4,11-13H2,1-3H3,(H,18,20)/b10-9+. The number of nitrogens with one attached hydrogen (secondary N) is 1. The van der Waals surface area contributed by atoms with Gasteiger partial charge in [-0.15, -0.1) is 0 Å². The van der Waals surface area contributed by atoms with E-state index in [4.69, 9.17) is 5.11 Å². The summed E-state index contributed by atoms with van der Waals surface area (Å²) in [5, 5.41) is 11.7. The molecular formula is C17H25NO2. The molecule has 110 valence electrons. The van der Waals surface area contributed by atoms with Gasteiger partial charge in [0.25, 0.3) is 0 Å². The van der Waals surface area contributed by atoms with Crippen LogP contribution in [0.5, 0.6) is 0 Å². The van der Waals surface area contributed by atoms with Crippen molar-refractivity contribution < 1.29 is 9.90 Å². The first-order valence-electron chi connectivity index (χ1n) is 7.06. The van der Waals surface area contributed by atoms with Crippen LogP contribution in [0.3, 0.4) is 0 Å². The van der Waals surface area contributed by atoms with Crippen molar-refractivity contribution in [1.29, 1.82) is 0 Å². The Kier molecular flexibility index (Phi) is 6.46. The molecule has 0 fully saturated rings. The molecule has 1 aromatic carbocycles. The lowest BCUT2D eigenvalue weighted by Crippen LogP contribution is -2.33. The normalized spacial score (nSPS) is 11.8. The van der Waals surface area contributed by atoms with Crippen LogP contribution in [0, 0.1) is 12.3 Å². The monoisotopic (exact) mass is 275 g/mol. The first kappa shape index (κ1) is 16.4. The van der Waals surface area contributed by atoms with Crippen molar-refractivity contribution in [2.45, 2.75) is 33.6 Å². The molecule has 0 aliphatic heterocycles. The second-order valence-corrected chi connectivity index (χ2v) is 5.95. The highest BCUT2D eigenvalue weighted by atomic mass is 16.2. The van der Waals surface area contributed by atoms with Crippen LogP contribution in [0.15, 0.2) is 30.3 Å². The van der Waals surface area contributed by atoms with Gasteiger partial charge < -0.3 is 10.4 Å². The number of aryl methyl sites for hydroxylation is 1. The van der Waals surface area contributed by atoms with Gasteiger partial charge in [0, 0.05) is 19.2 Å². The van der Waals surface area contributed by atoms with Crippen molar-refractivity contribution in [3.05, 3.63) is 41.5 Å². The molecule has 0 saturated heterocycles. The van der Waals surface area contributed by atoms with Gasteiger partial charge in [-0.2, -0.15) is 0 Å². The number of hydrogen-bond donors (Lipinski definition) is 2. The molecule has 0 unspecified atom stereocenters. The van der Waals surface area contributed by atoms with Gasteiger partial charge in [0.15, 0.2) is 0 Å². The van der Waals surface area contributed by atoms with Crippen LogP contribution in [0.1, 0.15) is 37.8 Å². The largest absolute Gasteiger partial charge is 0.396 e. The van der Waals surface area contributed by atoms with Gasteiger partial charge in [0.05, 0.1) is 0 Å². The third-order valence-corrected chi connectivity index (χ3v) is 3.26. The SMILES string of the molecule is Cc1ccc(/C=C/C(=O)NCC(C)(C)CCCO)cc1. The third-order valence-electron chi connectivity index (χ3n) is 3.26. The molecule has 1 aromatic rings. The number of rotatable bonds is 7. The molecule has 0 aliphatic carbocycles. The number of amides is 1. The quantitative estimate of drug-likeness (QED) is 0.752. The smallest absolute Gasteiger partial charge is 0.244 e. The van der Waals surface area contributed by atoms with Crippen molar-refractivity contribution in [2.75, 3.05) is 13.2 Å². The number of benzene rings is 1. The summed E-state index contributed by atoms with van der Waals surface area (Å²) in [4.78, 5) is 11.8. The van der Waals surface area contributed by atoms with Crippen LogP contribution < -0.4 is 5.32 Å². The predicted octanol–water partition coefficient (Wildman–Crippen LogP) is 2.92. The van der Waals surface area contributed by atoms with Crippen molar-refractivity contribution in [1.82, 2.24) is 5.32 Å². The summed E-state index contributed by atoms with van der Waals surface area (Å²) in [6.07, 6.45) is 5.04. The summed E-state index contributed by atoms with van der Waals surface area (Å²) in [6, 6.07) is 8.03. The number of carbonyl (C=O) groups is 1. The van der Waals surface area contributed by atoms with Gasteiger partial charge >= 0.3 is 0 Å². The molecule has 0 atom stereocenters. The zero-order valence-corrected chi connectivity index (χ0v) is 12.6. The molecule has 20 heavy (non-hydrogen) atoms. The Morgan fingerprint density at radius 1 is 1.30 bits per heavy atom. The minimum absolute atomic E-state index is 0.0100. The Balaban J connectivity index is 2.41. The fourth-order valence-electron chi connectivity index (χ4n) is 1.88. The minimum Gasteiger partial charge on any atom is -0.396 e. The second-order valence-electron chi connectivity index (χ2n) is 5.95. The van der Waals surface area contributed by atoms with Crippen LogP contribution in [0.4, 0.5) is 0 Å². The van der Waals surface area contributed by atoms with Gasteiger partial charge in [-0.3, -0.25) is 4.79 Å². The van der Waals surface area contributed by atoms with Gasteiger partial charge in [-0.1, -0.05) is 43.7 Å². The Bertz CT molecular complexity index is 447. The van der Waals surface area contributed by atoms with Crippen LogP contribution in [0.25, 0.3) is 6.08 Å². The predicted molar refractivity (Wildman–Crippen MR) is 83.3 cm³/mol. The van der Waals surface area contributed by atoms with E-state index >= 15 is 0 Å². The van der Waals surface area contributed by atoms with E-state index in [1.54, 1.807) is 6.08 Å². The number of carbonyl (C=O) groups excluding carboxylic acids is 1. The van der Waals surface area contributed by atoms with Crippen molar-refractivity contribution in [3.8, 4) is 0 Å². The number of hydrogen-bond acceptors (Lipinski definition) is 2. The Hall–Kier alpha value is -1.61. The third kappa shape index (κ3) is 6.53. The average Bonchev–Trinajstić information content (AvgIpc) is 2.42. The Labute approximate surface area is 121 Å². The Morgan fingerprint density at radius 2 is 1.95 bits per heavy atom. The summed E-state index contributed by atoms with van der Waals surface area (Å²) in [7, 11) is 0. The second kappa shape index (κ2) is 7.85. The molecule has 0 saturated carbocycles. The molecule has 2 N–H and O–H groups in total. The first-order chi connectivity index (χ1) is 9.43. The maximum absolute atomic E-state index is 11.8. The molecule has 3 heteroatoms. The fraction of sp³-hybridized carbons (Fsp3) is 0.471. The topological polar surface area (TPSA) is 49.3 Å². The lowest BCUT2D eigenvalue weighted by atomic mass is 9.88. The maximum atomic E-state index is 11.8. The van der Waals surface area contributed by atoms with Crippen LogP contribution in [-0.2, 0) is 4.79 Å². The fourth-order valence-corrected chi connectivity index (χ4v) is 1.88. The van der Waals surface area contributed by atoms with E-state index in [1.807, 2.05) is 37.3 Å². The van der Waals surface area contributed by atoms with Gasteiger partial charge in [0.1, 0.15) is 0 Å². The molecule has 0 bridgehead atoms. The van der Waals surface area contributed by atoms with E-state index in [1.165, 1.54) is 5.56 Å². The molecule has 0 heterocycles. The molecule has 1 amide bonds. The molecule has 3 nitrogen and oxygen atoms in total. The highest BCUT2D eigenvalue weighted by Crippen LogP contribution is 2.20. The van der Waals surface area contributed by atoms with Gasteiger partial charge in [-0.05, 0) is 36.8 Å². The summed E-state index contributed by atoms with van der Waals surface area (Å²) in [6.45, 7) is 7.03. The van der Waals surface area contributed by atoms with Crippen molar-refractivity contribution in [3.63, 3.8) is 0 Å². The summed E-state index contributed by atoms with van der Waals surface area (Å²) in [5.41, 5.74) is 2.23. The summed E-state index contributed by atoms with van der Waals surface area (Å²) < 4.78 is 0. The lowest BCUT2D eigenvalue weighted by molar-refractivity contribution is -0.116. The summed E-state index contributed by atoms with van der Waals surface area (Å²) in [5.74, 6) is -0.0809. The average molecular weight is 275 g/mol. The first-order valence-corrected chi connectivity index (χ1v) is 7.06. The zero-order chi connectivity index (χ0) is 15.0. The summed E-state index contributed by atoms with van der Waals surface area (Å²) >= 11 is 0. The zero-order valence-electron chi connectivity index (χ0n) is 12.6.